The summed E-state index contributed by atoms with van der Waals surface area (Å²) in [7, 11) is 1.59. The molecular formula is C10H12N4O2. The minimum atomic E-state index is -0.195. The summed E-state index contributed by atoms with van der Waals surface area (Å²) in [4.78, 5) is 8.15. The highest BCUT2D eigenvalue weighted by molar-refractivity contribution is 5.53. The molecule has 16 heavy (non-hydrogen) atoms. The summed E-state index contributed by atoms with van der Waals surface area (Å²) in [5, 5.41) is 3.82. The van der Waals surface area contributed by atoms with E-state index in [2.05, 4.69) is 15.1 Å². The van der Waals surface area contributed by atoms with E-state index >= 15 is 0 Å². The molecule has 2 heterocycles. The van der Waals surface area contributed by atoms with Crippen molar-refractivity contribution in [1.82, 2.24) is 15.1 Å². The molecule has 0 aliphatic rings. The Kier molecular flexibility index (Phi) is 2.82. The van der Waals surface area contributed by atoms with Crippen molar-refractivity contribution in [3.63, 3.8) is 0 Å². The smallest absolute Gasteiger partial charge is 0.259 e. The lowest BCUT2D eigenvalue weighted by molar-refractivity contribution is 0.109. The molecule has 0 bridgehead atoms. The van der Waals surface area contributed by atoms with Gasteiger partial charge in [0.15, 0.2) is 0 Å². The van der Waals surface area contributed by atoms with Crippen molar-refractivity contribution in [2.45, 2.75) is 13.0 Å². The van der Waals surface area contributed by atoms with E-state index in [4.69, 9.17) is 15.0 Å². The van der Waals surface area contributed by atoms with Gasteiger partial charge in [-0.25, -0.2) is 4.98 Å². The van der Waals surface area contributed by atoms with Gasteiger partial charge in [0, 0.05) is 13.3 Å². The molecular weight excluding hydrogens is 208 g/mol. The lowest BCUT2D eigenvalue weighted by Crippen LogP contribution is -1.97. The average Bonchev–Trinajstić information content (AvgIpc) is 2.78. The van der Waals surface area contributed by atoms with E-state index in [1.807, 2.05) is 6.92 Å². The van der Waals surface area contributed by atoms with Gasteiger partial charge in [-0.05, 0) is 19.1 Å². The first-order valence-electron chi connectivity index (χ1n) is 4.79. The van der Waals surface area contributed by atoms with Crippen LogP contribution >= 0.6 is 0 Å². The molecule has 84 valence electrons. The van der Waals surface area contributed by atoms with Crippen LogP contribution < -0.4 is 5.73 Å². The first-order chi connectivity index (χ1) is 7.70. The number of pyridine rings is 1. The predicted octanol–water partition coefficient (Wildman–Crippen LogP) is 1.42. The van der Waals surface area contributed by atoms with E-state index in [1.54, 1.807) is 25.4 Å². The summed E-state index contributed by atoms with van der Waals surface area (Å²) in [5.74, 6) is 1.37. The van der Waals surface area contributed by atoms with Crippen LogP contribution in [0.3, 0.4) is 0 Å². The Morgan fingerprint density at radius 3 is 2.88 bits per heavy atom. The molecule has 2 rings (SSSR count). The highest BCUT2D eigenvalue weighted by Gasteiger charge is 2.14. The minimum Gasteiger partial charge on any atom is -0.384 e. The fourth-order valence-electron chi connectivity index (χ4n) is 1.15. The second-order valence-corrected chi connectivity index (χ2v) is 3.31. The molecule has 0 radical (unpaired) electrons. The van der Waals surface area contributed by atoms with Crippen LogP contribution in [0.1, 0.15) is 18.9 Å². The van der Waals surface area contributed by atoms with E-state index < -0.39 is 0 Å². The summed E-state index contributed by atoms with van der Waals surface area (Å²) in [6.45, 7) is 1.84. The van der Waals surface area contributed by atoms with Crippen molar-refractivity contribution in [3.8, 4) is 11.5 Å². The van der Waals surface area contributed by atoms with Gasteiger partial charge in [0.25, 0.3) is 5.89 Å². The van der Waals surface area contributed by atoms with Gasteiger partial charge >= 0.3 is 0 Å². The Morgan fingerprint density at radius 1 is 1.44 bits per heavy atom. The molecule has 1 atom stereocenters. The van der Waals surface area contributed by atoms with Crippen LogP contribution in [-0.2, 0) is 4.74 Å². The van der Waals surface area contributed by atoms with Crippen LogP contribution in [0.4, 0.5) is 5.82 Å². The van der Waals surface area contributed by atoms with E-state index in [9.17, 15) is 0 Å². The van der Waals surface area contributed by atoms with E-state index in [0.29, 0.717) is 17.5 Å². The maximum atomic E-state index is 5.48. The molecule has 0 saturated carbocycles. The highest BCUT2D eigenvalue weighted by atomic mass is 16.5. The predicted molar refractivity (Wildman–Crippen MR) is 57.4 cm³/mol. The number of hydrogen-bond acceptors (Lipinski definition) is 6. The zero-order chi connectivity index (χ0) is 11.5. The first-order valence-corrected chi connectivity index (χ1v) is 4.79. The third kappa shape index (κ3) is 2.01. The zero-order valence-corrected chi connectivity index (χ0v) is 9.04. The fraction of sp³-hybridized carbons (Fsp3) is 0.300. The Labute approximate surface area is 92.4 Å². The Bertz CT molecular complexity index is 466. The number of ether oxygens (including phenoxy) is 1. The number of nitrogen functional groups attached to an aromatic ring is 1. The average molecular weight is 220 g/mol. The lowest BCUT2D eigenvalue weighted by atomic mass is 10.3. The Balaban J connectivity index is 2.28. The second-order valence-electron chi connectivity index (χ2n) is 3.31. The third-order valence-electron chi connectivity index (χ3n) is 2.19. The number of anilines is 1. The molecule has 0 aromatic carbocycles. The maximum absolute atomic E-state index is 5.48. The SMILES string of the molecule is COC(C)c1noc(-c2ccc(N)nc2)n1. The molecule has 0 spiro atoms. The number of aromatic nitrogens is 3. The molecule has 6 heteroatoms. The number of nitrogens with zero attached hydrogens (tertiary/aromatic N) is 3. The van der Waals surface area contributed by atoms with Crippen molar-refractivity contribution >= 4 is 5.82 Å². The van der Waals surface area contributed by atoms with Crippen LogP contribution in [0.25, 0.3) is 11.5 Å². The Morgan fingerprint density at radius 2 is 2.25 bits per heavy atom. The number of methoxy groups -OCH3 is 1. The molecule has 0 aliphatic carbocycles. The fourth-order valence-corrected chi connectivity index (χ4v) is 1.15. The van der Waals surface area contributed by atoms with E-state index in [0.717, 1.165) is 5.56 Å². The van der Waals surface area contributed by atoms with Crippen molar-refractivity contribution in [2.75, 3.05) is 12.8 Å². The van der Waals surface area contributed by atoms with E-state index in [1.165, 1.54) is 0 Å². The van der Waals surface area contributed by atoms with Gasteiger partial charge in [-0.15, -0.1) is 0 Å². The summed E-state index contributed by atoms with van der Waals surface area (Å²) in [5.41, 5.74) is 6.21. The lowest BCUT2D eigenvalue weighted by Gasteiger charge is -2.00. The largest absolute Gasteiger partial charge is 0.384 e. The molecule has 0 fully saturated rings. The van der Waals surface area contributed by atoms with Crippen LogP contribution in [0.5, 0.6) is 0 Å². The maximum Gasteiger partial charge on any atom is 0.259 e. The molecule has 1 unspecified atom stereocenters. The molecule has 0 amide bonds. The summed E-state index contributed by atoms with van der Waals surface area (Å²) >= 11 is 0. The van der Waals surface area contributed by atoms with Gasteiger partial charge in [0.2, 0.25) is 5.82 Å². The summed E-state index contributed by atoms with van der Waals surface area (Å²) in [6.07, 6.45) is 1.39. The van der Waals surface area contributed by atoms with Gasteiger partial charge in [0.05, 0.1) is 5.56 Å². The zero-order valence-electron chi connectivity index (χ0n) is 9.04. The highest BCUT2D eigenvalue weighted by Crippen LogP contribution is 2.19. The van der Waals surface area contributed by atoms with Crippen LogP contribution in [0.2, 0.25) is 0 Å². The van der Waals surface area contributed by atoms with E-state index in [-0.39, 0.29) is 6.10 Å². The van der Waals surface area contributed by atoms with Gasteiger partial charge in [0.1, 0.15) is 11.9 Å². The quantitative estimate of drug-likeness (QED) is 0.841. The van der Waals surface area contributed by atoms with Crippen molar-refractivity contribution < 1.29 is 9.26 Å². The van der Waals surface area contributed by atoms with Crippen LogP contribution in [-0.4, -0.2) is 22.2 Å². The normalized spacial score (nSPS) is 12.6. The van der Waals surface area contributed by atoms with Gasteiger partial charge in [-0.3, -0.25) is 0 Å². The van der Waals surface area contributed by atoms with Gasteiger partial charge in [-0.1, -0.05) is 5.16 Å². The van der Waals surface area contributed by atoms with Crippen LogP contribution in [0, 0.1) is 0 Å². The number of hydrogen-bond donors (Lipinski definition) is 1. The monoisotopic (exact) mass is 220 g/mol. The summed E-state index contributed by atoms with van der Waals surface area (Å²) in [6, 6.07) is 3.45. The molecule has 0 saturated heterocycles. The third-order valence-corrected chi connectivity index (χ3v) is 2.19. The topological polar surface area (TPSA) is 87.1 Å². The first kappa shape index (κ1) is 10.6. The van der Waals surface area contributed by atoms with Crippen molar-refractivity contribution in [1.29, 1.82) is 0 Å². The molecule has 0 aliphatic heterocycles. The van der Waals surface area contributed by atoms with Gasteiger partial charge < -0.3 is 15.0 Å². The van der Waals surface area contributed by atoms with Gasteiger partial charge in [-0.2, -0.15) is 4.98 Å². The summed E-state index contributed by atoms with van der Waals surface area (Å²) < 4.78 is 10.2. The van der Waals surface area contributed by atoms with Crippen LogP contribution in [0.15, 0.2) is 22.9 Å². The van der Waals surface area contributed by atoms with Crippen molar-refractivity contribution in [2.24, 2.45) is 0 Å². The molecule has 2 aromatic heterocycles. The Hall–Kier alpha value is -1.95. The minimum absolute atomic E-state index is 0.195. The standard InChI is InChI=1S/C10H12N4O2/c1-6(15-2)9-13-10(16-14-9)7-3-4-8(11)12-5-7/h3-6H,1-2H3,(H2,11,12). The molecule has 2 N–H and O–H groups in total. The van der Waals surface area contributed by atoms with Crippen molar-refractivity contribution in [3.05, 3.63) is 24.2 Å². The second kappa shape index (κ2) is 4.28. The molecule has 6 nitrogen and oxygen atoms in total. The number of rotatable bonds is 3. The number of nitrogens with two attached hydrogens (primary N) is 1. The molecule has 2 aromatic rings.